The summed E-state index contributed by atoms with van der Waals surface area (Å²) in [5, 5.41) is 15.8. The molecule has 4 N–H and O–H groups in total. The van der Waals surface area contributed by atoms with Crippen LogP contribution in [0, 0.1) is 0 Å². The third-order valence-electron chi connectivity index (χ3n) is 4.16. The standard InChI is InChI=1S/C17H14BrN3.C2H2O4/c18-11-6-7-15-14(10-11)16(19)13-8-9-21(17(13)20-15)12-4-2-1-3-5-12;3-1(4)2(5)6/h1-7,10H,8-9H2,(H2,19,20);(H,3,4)(H,5,6). The number of carbonyl (C=O) groups is 2. The third-order valence-corrected chi connectivity index (χ3v) is 4.66. The van der Waals surface area contributed by atoms with Crippen molar-refractivity contribution in [1.82, 2.24) is 4.98 Å². The molecular weight excluding hydrogens is 414 g/mol. The topological polar surface area (TPSA) is 117 Å². The molecule has 0 radical (unpaired) electrons. The highest BCUT2D eigenvalue weighted by Gasteiger charge is 2.25. The Hall–Kier alpha value is -3.13. The number of nitrogens with two attached hydrogens (primary N) is 1. The molecule has 0 fully saturated rings. The minimum Gasteiger partial charge on any atom is -0.473 e. The molecule has 0 bridgehead atoms. The van der Waals surface area contributed by atoms with Crippen molar-refractivity contribution in [3.05, 3.63) is 58.6 Å². The van der Waals surface area contributed by atoms with Crippen molar-refractivity contribution in [1.29, 1.82) is 0 Å². The number of carboxylic acids is 2. The zero-order valence-electron chi connectivity index (χ0n) is 14.1. The summed E-state index contributed by atoms with van der Waals surface area (Å²) >= 11 is 3.50. The summed E-state index contributed by atoms with van der Waals surface area (Å²) in [6.45, 7) is 0.925. The van der Waals surface area contributed by atoms with Crippen LogP contribution in [0.4, 0.5) is 17.2 Å². The number of pyridine rings is 1. The van der Waals surface area contributed by atoms with Crippen LogP contribution in [0.3, 0.4) is 0 Å². The number of benzene rings is 2. The number of hydrogen-bond acceptors (Lipinski definition) is 5. The highest BCUT2D eigenvalue weighted by molar-refractivity contribution is 9.10. The second-order valence-corrected chi connectivity index (χ2v) is 6.75. The van der Waals surface area contributed by atoms with Crippen molar-refractivity contribution in [2.75, 3.05) is 17.2 Å². The lowest BCUT2D eigenvalue weighted by molar-refractivity contribution is -0.159. The normalized spacial score (nSPS) is 12.3. The minimum absolute atomic E-state index is 0.856. The average molecular weight is 430 g/mol. The molecular formula is C19H16BrN3O4. The van der Waals surface area contributed by atoms with Crippen LogP contribution in [0.2, 0.25) is 0 Å². The SMILES string of the molecule is Nc1c2c(nc3ccc(Br)cc13)N(c1ccccc1)CC2.O=C(O)C(=O)O. The number of anilines is 3. The second kappa shape index (κ2) is 7.63. The van der Waals surface area contributed by atoms with Gasteiger partial charge in [0.2, 0.25) is 0 Å². The zero-order valence-corrected chi connectivity index (χ0v) is 15.7. The lowest BCUT2D eigenvalue weighted by atomic mass is 10.1. The van der Waals surface area contributed by atoms with Gasteiger partial charge in [0.05, 0.1) is 5.52 Å². The molecule has 0 spiro atoms. The zero-order chi connectivity index (χ0) is 19.6. The maximum Gasteiger partial charge on any atom is 0.414 e. The summed E-state index contributed by atoms with van der Waals surface area (Å²) in [5.41, 5.74) is 10.5. The summed E-state index contributed by atoms with van der Waals surface area (Å²) < 4.78 is 1.03. The highest BCUT2D eigenvalue weighted by Crippen LogP contribution is 2.39. The van der Waals surface area contributed by atoms with Gasteiger partial charge in [-0.3, -0.25) is 0 Å². The van der Waals surface area contributed by atoms with Crippen molar-refractivity contribution in [3.63, 3.8) is 0 Å². The van der Waals surface area contributed by atoms with E-state index in [4.69, 9.17) is 30.5 Å². The van der Waals surface area contributed by atoms with Gasteiger partial charge in [-0.15, -0.1) is 0 Å². The van der Waals surface area contributed by atoms with E-state index in [9.17, 15) is 0 Å². The van der Waals surface area contributed by atoms with Gasteiger partial charge in [-0.2, -0.15) is 0 Å². The Morgan fingerprint density at radius 2 is 1.74 bits per heavy atom. The van der Waals surface area contributed by atoms with E-state index in [0.29, 0.717) is 0 Å². The van der Waals surface area contributed by atoms with Gasteiger partial charge in [-0.25, -0.2) is 14.6 Å². The van der Waals surface area contributed by atoms with Crippen molar-refractivity contribution in [2.45, 2.75) is 6.42 Å². The predicted octanol–water partition coefficient (Wildman–Crippen LogP) is 3.43. The molecule has 0 unspecified atom stereocenters. The summed E-state index contributed by atoms with van der Waals surface area (Å²) in [6.07, 6.45) is 0.936. The van der Waals surface area contributed by atoms with Gasteiger partial charge >= 0.3 is 11.9 Å². The molecule has 2 aromatic carbocycles. The number of nitrogens with zero attached hydrogens (tertiary/aromatic N) is 2. The molecule has 0 saturated carbocycles. The Bertz CT molecular complexity index is 1010. The largest absolute Gasteiger partial charge is 0.473 e. The van der Waals surface area contributed by atoms with E-state index < -0.39 is 11.9 Å². The predicted molar refractivity (Wildman–Crippen MR) is 106 cm³/mol. The number of aliphatic carboxylic acids is 2. The number of nitrogen functional groups attached to an aromatic ring is 1. The monoisotopic (exact) mass is 429 g/mol. The number of rotatable bonds is 1. The smallest absolute Gasteiger partial charge is 0.414 e. The lowest BCUT2D eigenvalue weighted by Gasteiger charge is -2.19. The fraction of sp³-hybridized carbons (Fsp3) is 0.105. The van der Waals surface area contributed by atoms with Crippen molar-refractivity contribution >= 4 is 56.0 Å². The van der Waals surface area contributed by atoms with Crippen LogP contribution in [0.25, 0.3) is 10.9 Å². The van der Waals surface area contributed by atoms with Gasteiger partial charge in [0.15, 0.2) is 0 Å². The molecule has 0 aliphatic carbocycles. The number of hydrogen-bond donors (Lipinski definition) is 3. The van der Waals surface area contributed by atoms with Crippen LogP contribution in [0.5, 0.6) is 0 Å². The van der Waals surface area contributed by atoms with Crippen LogP contribution in [0.1, 0.15) is 5.56 Å². The Labute approximate surface area is 163 Å². The van der Waals surface area contributed by atoms with Crippen molar-refractivity contribution < 1.29 is 19.8 Å². The van der Waals surface area contributed by atoms with Gasteiger partial charge in [-0.1, -0.05) is 34.1 Å². The molecule has 4 rings (SSSR count). The van der Waals surface area contributed by atoms with E-state index in [1.165, 1.54) is 5.69 Å². The summed E-state index contributed by atoms with van der Waals surface area (Å²) in [4.78, 5) is 25.3. The molecule has 8 heteroatoms. The molecule has 2 heterocycles. The summed E-state index contributed by atoms with van der Waals surface area (Å²) in [7, 11) is 0. The van der Waals surface area contributed by atoms with Crippen LogP contribution >= 0.6 is 15.9 Å². The molecule has 1 aliphatic rings. The molecule has 7 nitrogen and oxygen atoms in total. The first kappa shape index (κ1) is 18.7. The number of aromatic nitrogens is 1. The van der Waals surface area contributed by atoms with E-state index >= 15 is 0 Å². The van der Waals surface area contributed by atoms with E-state index in [0.717, 1.165) is 45.4 Å². The van der Waals surface area contributed by atoms with Crippen LogP contribution in [-0.2, 0) is 16.0 Å². The van der Waals surface area contributed by atoms with E-state index in [1.807, 2.05) is 24.3 Å². The first-order valence-electron chi connectivity index (χ1n) is 8.05. The highest BCUT2D eigenvalue weighted by atomic mass is 79.9. The first-order valence-corrected chi connectivity index (χ1v) is 8.84. The molecule has 1 aliphatic heterocycles. The van der Waals surface area contributed by atoms with E-state index in [2.05, 4.69) is 45.1 Å². The van der Waals surface area contributed by atoms with E-state index in [1.54, 1.807) is 0 Å². The van der Waals surface area contributed by atoms with Gasteiger partial charge in [0.1, 0.15) is 5.82 Å². The molecule has 138 valence electrons. The van der Waals surface area contributed by atoms with Crippen molar-refractivity contribution in [3.8, 4) is 0 Å². The molecule has 0 atom stereocenters. The first-order chi connectivity index (χ1) is 12.9. The maximum absolute atomic E-state index is 9.10. The molecule has 3 aromatic rings. The number of carboxylic acid groups (broad SMARTS) is 2. The summed E-state index contributed by atoms with van der Waals surface area (Å²) in [6, 6.07) is 16.4. The number of halogens is 1. The third kappa shape index (κ3) is 3.85. The Morgan fingerprint density at radius 3 is 2.37 bits per heavy atom. The van der Waals surface area contributed by atoms with Gasteiger partial charge in [0.25, 0.3) is 0 Å². The fourth-order valence-electron chi connectivity index (χ4n) is 2.94. The molecule has 0 saturated heterocycles. The molecule has 1 aromatic heterocycles. The molecule has 0 amide bonds. The van der Waals surface area contributed by atoms with Gasteiger partial charge in [0, 0.05) is 33.3 Å². The van der Waals surface area contributed by atoms with Crippen molar-refractivity contribution in [2.24, 2.45) is 0 Å². The van der Waals surface area contributed by atoms with Gasteiger partial charge in [-0.05, 0) is 36.8 Å². The second-order valence-electron chi connectivity index (χ2n) is 5.84. The van der Waals surface area contributed by atoms with Gasteiger partial charge < -0.3 is 20.8 Å². The van der Waals surface area contributed by atoms with Crippen LogP contribution in [-0.4, -0.2) is 33.7 Å². The Balaban J connectivity index is 0.000000307. The quantitative estimate of drug-likeness (QED) is 0.507. The molecule has 27 heavy (non-hydrogen) atoms. The fourth-order valence-corrected chi connectivity index (χ4v) is 3.31. The lowest BCUT2D eigenvalue weighted by Crippen LogP contribution is -2.14. The number of fused-ring (bicyclic) bond motifs is 2. The summed E-state index contributed by atoms with van der Waals surface area (Å²) in [5.74, 6) is -2.65. The Morgan fingerprint density at radius 1 is 1.07 bits per heavy atom. The minimum atomic E-state index is -1.82. The average Bonchev–Trinajstić information content (AvgIpc) is 3.08. The van der Waals surface area contributed by atoms with E-state index in [-0.39, 0.29) is 0 Å². The number of para-hydroxylation sites is 1. The Kier molecular flexibility index (Phi) is 5.27. The van der Waals surface area contributed by atoms with Crippen LogP contribution in [0.15, 0.2) is 53.0 Å². The maximum atomic E-state index is 9.10. The van der Waals surface area contributed by atoms with Crippen LogP contribution < -0.4 is 10.6 Å².